The molecule has 0 N–H and O–H groups in total. The lowest BCUT2D eigenvalue weighted by molar-refractivity contribution is -0.158. The maximum absolute atomic E-state index is 15.3. The van der Waals surface area contributed by atoms with E-state index in [1.807, 2.05) is 72.8 Å². The van der Waals surface area contributed by atoms with Gasteiger partial charge in [-0.15, -0.1) is 0 Å². The van der Waals surface area contributed by atoms with E-state index >= 15 is 4.39 Å². The van der Waals surface area contributed by atoms with E-state index in [1.54, 1.807) is 6.07 Å². The molecule has 438 valence electrons. The van der Waals surface area contributed by atoms with E-state index in [4.69, 9.17) is 18.9 Å². The predicted octanol–water partition coefficient (Wildman–Crippen LogP) is 20.2. The van der Waals surface area contributed by atoms with Gasteiger partial charge in [-0.25, -0.2) is 14.0 Å². The standard InChI is InChI=1S/C73H98FNO6/c1-2-3-4-5-6-7-8-9-10-11-12-13-14-15-16-17-20-23-26-35-52-78-53-36-27-24-21-18-19-22-25-28-37-54-79-60-49-50-66-65-46-33-34-47-68(65)73(69(66)56-60,58-40-38-41-59(74)55-58)81-71(76)70-48-39-51-75(70)72(77)80-57-67-63-44-31-29-42-61(63)62-43-30-32-45-64(62)67/h29-34,38,40-47,49-50,55-56,67,70H,2-28,35-37,39,48,51-54,57H2,1H3/t70-,73?/m0/s1. The number of benzene rings is 5. The monoisotopic (exact) mass is 1100 g/mol. The first-order valence-corrected chi connectivity index (χ1v) is 32.5. The second kappa shape index (κ2) is 34.2. The number of likely N-dealkylation sites (tertiary alicyclic amines) is 1. The van der Waals surface area contributed by atoms with Gasteiger partial charge >= 0.3 is 12.1 Å². The molecule has 1 saturated heterocycles. The summed E-state index contributed by atoms with van der Waals surface area (Å²) >= 11 is 0. The summed E-state index contributed by atoms with van der Waals surface area (Å²) in [5.41, 5.74) is 6.78. The van der Waals surface area contributed by atoms with Crippen LogP contribution in [0, 0.1) is 5.82 Å². The molecule has 2 atom stereocenters. The second-order valence-corrected chi connectivity index (χ2v) is 23.7. The average Bonchev–Trinajstić information content (AvgIpc) is 2.70. The van der Waals surface area contributed by atoms with Crippen LogP contribution in [0.25, 0.3) is 22.3 Å². The van der Waals surface area contributed by atoms with E-state index in [-0.39, 0.29) is 12.5 Å². The van der Waals surface area contributed by atoms with Crippen molar-refractivity contribution in [3.8, 4) is 28.0 Å². The summed E-state index contributed by atoms with van der Waals surface area (Å²) < 4.78 is 40.6. The molecule has 1 amide bonds. The van der Waals surface area contributed by atoms with E-state index in [1.165, 1.54) is 197 Å². The number of esters is 1. The molecule has 8 rings (SSSR count). The molecular formula is C73H98FNO6. The molecule has 3 aliphatic rings. The van der Waals surface area contributed by atoms with Gasteiger partial charge in [-0.2, -0.15) is 0 Å². The molecule has 1 heterocycles. The summed E-state index contributed by atoms with van der Waals surface area (Å²) in [7, 11) is 0. The van der Waals surface area contributed by atoms with Crippen LogP contribution in [-0.4, -0.2) is 56.0 Å². The molecule has 1 aliphatic heterocycles. The number of carbonyl (C=O) groups is 2. The molecule has 7 nitrogen and oxygen atoms in total. The van der Waals surface area contributed by atoms with Crippen LogP contribution in [0.2, 0.25) is 0 Å². The summed E-state index contributed by atoms with van der Waals surface area (Å²) in [6.45, 7) is 5.22. The Morgan fingerprint density at radius 2 is 0.988 bits per heavy atom. The number of rotatable bonds is 40. The molecule has 1 fully saturated rings. The minimum Gasteiger partial charge on any atom is -0.494 e. The molecule has 5 aromatic rings. The van der Waals surface area contributed by atoms with Gasteiger partial charge in [-0.3, -0.25) is 4.90 Å². The summed E-state index contributed by atoms with van der Waals surface area (Å²) in [6.07, 6.45) is 40.8. The Balaban J connectivity index is 0.687. The van der Waals surface area contributed by atoms with Crippen molar-refractivity contribution in [2.24, 2.45) is 0 Å². The minimum absolute atomic E-state index is 0.109. The molecule has 8 heteroatoms. The molecule has 0 saturated carbocycles. The van der Waals surface area contributed by atoms with Gasteiger partial charge in [-0.1, -0.05) is 271 Å². The fraction of sp³-hybridized carbons (Fsp3) is 0.562. The van der Waals surface area contributed by atoms with Gasteiger partial charge < -0.3 is 18.9 Å². The number of carbonyl (C=O) groups excluding carboxylic acids is 2. The Kier molecular flexibility index (Phi) is 26.0. The van der Waals surface area contributed by atoms with Gasteiger partial charge in [0.2, 0.25) is 0 Å². The molecular weight excluding hydrogens is 1010 g/mol. The fourth-order valence-electron chi connectivity index (χ4n) is 13.1. The Morgan fingerprint density at radius 1 is 0.506 bits per heavy atom. The topological polar surface area (TPSA) is 74.3 Å². The van der Waals surface area contributed by atoms with Gasteiger partial charge in [-0.05, 0) is 89.8 Å². The molecule has 5 aromatic carbocycles. The van der Waals surface area contributed by atoms with Crippen molar-refractivity contribution in [2.75, 3.05) is 33.0 Å². The van der Waals surface area contributed by atoms with Crippen molar-refractivity contribution < 1.29 is 32.9 Å². The largest absolute Gasteiger partial charge is 0.494 e. The van der Waals surface area contributed by atoms with Crippen LogP contribution in [0.5, 0.6) is 5.75 Å². The number of nitrogens with zero attached hydrogens (tertiary/aromatic N) is 1. The fourth-order valence-corrected chi connectivity index (χ4v) is 13.1. The number of unbranched alkanes of at least 4 members (excludes halogenated alkanes) is 28. The summed E-state index contributed by atoms with van der Waals surface area (Å²) in [4.78, 5) is 30.3. The lowest BCUT2D eigenvalue weighted by Crippen LogP contribution is -2.45. The Hall–Kier alpha value is -5.47. The van der Waals surface area contributed by atoms with E-state index in [2.05, 4.69) is 31.2 Å². The van der Waals surface area contributed by atoms with Gasteiger partial charge in [0, 0.05) is 42.4 Å². The van der Waals surface area contributed by atoms with Crippen LogP contribution < -0.4 is 4.74 Å². The number of fused-ring (bicyclic) bond motifs is 6. The van der Waals surface area contributed by atoms with Crippen molar-refractivity contribution in [1.29, 1.82) is 0 Å². The molecule has 0 radical (unpaired) electrons. The van der Waals surface area contributed by atoms with Gasteiger partial charge in [0.1, 0.15) is 24.2 Å². The maximum Gasteiger partial charge on any atom is 0.410 e. The van der Waals surface area contributed by atoms with E-state index in [0.29, 0.717) is 42.9 Å². The highest BCUT2D eigenvalue weighted by molar-refractivity contribution is 5.88. The van der Waals surface area contributed by atoms with Crippen LogP contribution in [0.1, 0.15) is 246 Å². The molecule has 81 heavy (non-hydrogen) atoms. The number of hydrogen-bond donors (Lipinski definition) is 0. The van der Waals surface area contributed by atoms with Crippen molar-refractivity contribution in [3.05, 3.63) is 149 Å². The number of amides is 1. The summed E-state index contributed by atoms with van der Waals surface area (Å²) in [5.74, 6) is -0.437. The Bertz CT molecular complexity index is 2600. The zero-order valence-corrected chi connectivity index (χ0v) is 49.6. The third kappa shape index (κ3) is 17.8. The summed E-state index contributed by atoms with van der Waals surface area (Å²) in [6, 6.07) is 35.7. The molecule has 0 aromatic heterocycles. The summed E-state index contributed by atoms with van der Waals surface area (Å²) in [5, 5.41) is 0. The van der Waals surface area contributed by atoms with Crippen LogP contribution in [0.15, 0.2) is 115 Å². The van der Waals surface area contributed by atoms with Crippen LogP contribution in [0.3, 0.4) is 0 Å². The van der Waals surface area contributed by atoms with Crippen LogP contribution in [-0.2, 0) is 24.6 Å². The molecule has 1 unspecified atom stereocenters. The third-order valence-corrected chi connectivity index (χ3v) is 17.6. The van der Waals surface area contributed by atoms with Gasteiger partial charge in [0.05, 0.1) is 6.61 Å². The SMILES string of the molecule is CCCCCCCCCCCCCCCCCCCCCCOCCCCCCCCCCCCOc1ccc2c(c1)C(OC(=O)[C@@H]1CCCN1C(=O)OCC1c3ccccc3-c3ccccc31)(c1cccc(F)c1)c1ccccc1-2. The van der Waals surface area contributed by atoms with Gasteiger partial charge in [0.15, 0.2) is 5.60 Å². The normalized spacial score (nSPS) is 16.1. The zero-order chi connectivity index (χ0) is 56.2. The first kappa shape index (κ1) is 61.6. The number of halogens is 1. The Morgan fingerprint density at radius 3 is 1.53 bits per heavy atom. The average molecular weight is 1100 g/mol. The molecule has 2 aliphatic carbocycles. The number of hydrogen-bond acceptors (Lipinski definition) is 6. The van der Waals surface area contributed by atoms with E-state index < -0.39 is 29.5 Å². The third-order valence-electron chi connectivity index (χ3n) is 17.6. The van der Waals surface area contributed by atoms with E-state index in [0.717, 1.165) is 65.0 Å². The second-order valence-electron chi connectivity index (χ2n) is 23.7. The number of ether oxygens (including phenoxy) is 4. The zero-order valence-electron chi connectivity index (χ0n) is 49.6. The maximum atomic E-state index is 15.3. The van der Waals surface area contributed by atoms with Crippen molar-refractivity contribution in [2.45, 2.75) is 230 Å². The van der Waals surface area contributed by atoms with Crippen molar-refractivity contribution >= 4 is 12.1 Å². The van der Waals surface area contributed by atoms with Crippen LogP contribution >= 0.6 is 0 Å². The minimum atomic E-state index is -1.49. The highest BCUT2D eigenvalue weighted by atomic mass is 19.1. The highest BCUT2D eigenvalue weighted by Gasteiger charge is 2.51. The highest BCUT2D eigenvalue weighted by Crippen LogP contribution is 2.55. The quantitative estimate of drug-likeness (QED) is 0.0287. The molecule has 0 bridgehead atoms. The van der Waals surface area contributed by atoms with Crippen molar-refractivity contribution in [3.63, 3.8) is 0 Å². The first-order valence-electron chi connectivity index (χ1n) is 32.5. The lowest BCUT2D eigenvalue weighted by atomic mass is 9.83. The van der Waals surface area contributed by atoms with Crippen LogP contribution in [0.4, 0.5) is 9.18 Å². The smallest absolute Gasteiger partial charge is 0.410 e. The van der Waals surface area contributed by atoms with E-state index in [9.17, 15) is 9.59 Å². The van der Waals surface area contributed by atoms with Crippen molar-refractivity contribution in [1.82, 2.24) is 4.90 Å². The molecule has 0 spiro atoms. The Labute approximate surface area is 487 Å². The predicted molar refractivity (Wildman–Crippen MR) is 330 cm³/mol. The van der Waals surface area contributed by atoms with Gasteiger partial charge in [0.25, 0.3) is 0 Å². The lowest BCUT2D eigenvalue weighted by Gasteiger charge is -2.34. The first-order chi connectivity index (χ1) is 40.0.